The molecular formula is C16H15BrN2O. The van der Waals surface area contributed by atoms with Gasteiger partial charge in [0, 0.05) is 22.0 Å². The monoisotopic (exact) mass is 330 g/mol. The summed E-state index contributed by atoms with van der Waals surface area (Å²) in [4.78, 5) is 16.8. The highest BCUT2D eigenvalue weighted by atomic mass is 79.9. The van der Waals surface area contributed by atoms with Crippen LogP contribution in [0.5, 0.6) is 0 Å². The van der Waals surface area contributed by atoms with E-state index in [4.69, 9.17) is 0 Å². The molecular weight excluding hydrogens is 316 g/mol. The van der Waals surface area contributed by atoms with Gasteiger partial charge in [-0.1, -0.05) is 18.6 Å². The van der Waals surface area contributed by atoms with Crippen molar-refractivity contribution in [1.29, 1.82) is 0 Å². The molecule has 4 rings (SSSR count). The number of benzene rings is 1. The predicted molar refractivity (Wildman–Crippen MR) is 82.4 cm³/mol. The first-order valence-electron chi connectivity index (χ1n) is 7.09. The number of carbonyl (C=O) groups excluding carboxylic acids is 1. The van der Waals surface area contributed by atoms with Crippen LogP contribution in [-0.4, -0.2) is 10.9 Å². The molecule has 0 aliphatic heterocycles. The third-order valence-corrected chi connectivity index (χ3v) is 5.08. The third-order valence-electron chi connectivity index (χ3n) is 4.64. The zero-order valence-corrected chi connectivity index (χ0v) is 12.6. The Morgan fingerprint density at radius 3 is 2.90 bits per heavy atom. The summed E-state index contributed by atoms with van der Waals surface area (Å²) < 4.78 is 0.949. The van der Waals surface area contributed by atoms with Crippen LogP contribution in [0.1, 0.15) is 19.3 Å². The van der Waals surface area contributed by atoms with E-state index >= 15 is 0 Å². The summed E-state index contributed by atoms with van der Waals surface area (Å²) in [5.74, 6) is 1.71. The minimum atomic E-state index is 0.178. The molecule has 1 aromatic carbocycles. The molecule has 2 atom stereocenters. The van der Waals surface area contributed by atoms with Crippen molar-refractivity contribution in [2.75, 3.05) is 5.32 Å². The van der Waals surface area contributed by atoms with E-state index in [1.807, 2.05) is 24.3 Å². The smallest absolute Gasteiger partial charge is 0.228 e. The number of pyridine rings is 1. The first kappa shape index (κ1) is 12.3. The predicted octanol–water partition coefficient (Wildman–Crippen LogP) is 3.98. The third kappa shape index (κ3) is 1.94. The number of para-hydroxylation sites is 1. The van der Waals surface area contributed by atoms with Crippen LogP contribution < -0.4 is 5.32 Å². The topological polar surface area (TPSA) is 42.0 Å². The first-order valence-corrected chi connectivity index (χ1v) is 7.88. The minimum absolute atomic E-state index is 0.178. The molecule has 2 unspecified atom stereocenters. The lowest BCUT2D eigenvalue weighted by atomic mass is 10.1. The van der Waals surface area contributed by atoms with Crippen LogP contribution in [-0.2, 0) is 4.79 Å². The fraction of sp³-hybridized carbons (Fsp3) is 0.375. The van der Waals surface area contributed by atoms with Crippen LogP contribution in [0.4, 0.5) is 5.69 Å². The van der Waals surface area contributed by atoms with Crippen LogP contribution in [0.2, 0.25) is 0 Å². The second-order valence-corrected chi connectivity index (χ2v) is 6.72. The number of amides is 1. The van der Waals surface area contributed by atoms with Crippen LogP contribution >= 0.6 is 15.9 Å². The van der Waals surface area contributed by atoms with Gasteiger partial charge in [0.15, 0.2) is 0 Å². The molecule has 1 aromatic heterocycles. The largest absolute Gasteiger partial charge is 0.324 e. The number of nitrogens with zero attached hydrogens (tertiary/aromatic N) is 1. The van der Waals surface area contributed by atoms with Gasteiger partial charge in [-0.3, -0.25) is 9.78 Å². The van der Waals surface area contributed by atoms with Crippen LogP contribution in [0.3, 0.4) is 0 Å². The van der Waals surface area contributed by atoms with E-state index in [1.165, 1.54) is 19.3 Å². The molecule has 1 amide bonds. The number of aromatic nitrogens is 1. The van der Waals surface area contributed by atoms with Crippen molar-refractivity contribution in [1.82, 2.24) is 4.98 Å². The van der Waals surface area contributed by atoms with Crippen molar-refractivity contribution in [3.63, 3.8) is 0 Å². The fourth-order valence-corrected chi connectivity index (χ4v) is 4.01. The van der Waals surface area contributed by atoms with Gasteiger partial charge in [-0.25, -0.2) is 0 Å². The molecule has 0 saturated heterocycles. The van der Waals surface area contributed by atoms with Crippen molar-refractivity contribution in [3.05, 3.63) is 34.9 Å². The van der Waals surface area contributed by atoms with E-state index in [0.717, 1.165) is 21.1 Å². The maximum absolute atomic E-state index is 12.4. The number of anilines is 1. The number of nitrogens with one attached hydrogen (secondary N) is 1. The van der Waals surface area contributed by atoms with Crippen LogP contribution in [0.15, 0.2) is 34.9 Å². The Hall–Kier alpha value is -1.42. The Kier molecular flexibility index (Phi) is 2.81. The molecule has 0 radical (unpaired) electrons. The molecule has 102 valence electrons. The molecule has 2 fully saturated rings. The summed E-state index contributed by atoms with van der Waals surface area (Å²) in [5.41, 5.74) is 1.68. The van der Waals surface area contributed by atoms with Gasteiger partial charge in [-0.2, -0.15) is 0 Å². The molecule has 1 N–H and O–H groups in total. The Balaban J connectivity index is 1.61. The number of fused-ring (bicyclic) bond motifs is 2. The maximum Gasteiger partial charge on any atom is 0.228 e. The van der Waals surface area contributed by atoms with Crippen LogP contribution in [0.25, 0.3) is 10.9 Å². The number of halogens is 1. The molecule has 3 nitrogen and oxygen atoms in total. The normalized spacial score (nSPS) is 27.4. The van der Waals surface area contributed by atoms with Crippen molar-refractivity contribution in [3.8, 4) is 0 Å². The Morgan fingerprint density at radius 1 is 1.30 bits per heavy atom. The Morgan fingerprint density at radius 2 is 2.10 bits per heavy atom. The van der Waals surface area contributed by atoms with Gasteiger partial charge in [0.2, 0.25) is 5.91 Å². The molecule has 2 aliphatic carbocycles. The Bertz CT molecular complexity index is 690. The highest BCUT2D eigenvalue weighted by molar-refractivity contribution is 9.10. The SMILES string of the molecule is O=C(Nc1cccc2cc(Br)cnc12)C1C2CCCC21. The number of carbonyl (C=O) groups is 1. The van der Waals surface area contributed by atoms with E-state index in [9.17, 15) is 4.79 Å². The van der Waals surface area contributed by atoms with Crippen LogP contribution in [0, 0.1) is 17.8 Å². The molecule has 0 bridgehead atoms. The molecule has 2 aliphatic rings. The quantitative estimate of drug-likeness (QED) is 0.904. The maximum atomic E-state index is 12.4. The number of hydrogen-bond donors (Lipinski definition) is 1. The summed E-state index contributed by atoms with van der Waals surface area (Å²) in [6.45, 7) is 0. The van der Waals surface area contributed by atoms with Crippen molar-refractivity contribution >= 4 is 38.4 Å². The molecule has 2 aromatic rings. The number of hydrogen-bond acceptors (Lipinski definition) is 2. The van der Waals surface area contributed by atoms with Gasteiger partial charge in [0.25, 0.3) is 0 Å². The van der Waals surface area contributed by atoms with Gasteiger partial charge in [-0.15, -0.1) is 0 Å². The average Bonchev–Trinajstić information content (AvgIpc) is 2.92. The van der Waals surface area contributed by atoms with Gasteiger partial charge in [-0.05, 0) is 52.7 Å². The first-order chi connectivity index (χ1) is 9.74. The van der Waals surface area contributed by atoms with Gasteiger partial charge < -0.3 is 5.32 Å². The molecule has 0 spiro atoms. The minimum Gasteiger partial charge on any atom is -0.324 e. The lowest BCUT2D eigenvalue weighted by Crippen LogP contribution is -2.16. The molecule has 4 heteroatoms. The fourth-order valence-electron chi connectivity index (χ4n) is 3.66. The van der Waals surface area contributed by atoms with E-state index < -0.39 is 0 Å². The van der Waals surface area contributed by atoms with Gasteiger partial charge in [0.1, 0.15) is 0 Å². The van der Waals surface area contributed by atoms with Gasteiger partial charge >= 0.3 is 0 Å². The zero-order valence-electron chi connectivity index (χ0n) is 11.0. The highest BCUT2D eigenvalue weighted by Crippen LogP contribution is 2.57. The lowest BCUT2D eigenvalue weighted by Gasteiger charge is -2.09. The summed E-state index contributed by atoms with van der Waals surface area (Å²) in [7, 11) is 0. The summed E-state index contributed by atoms with van der Waals surface area (Å²) in [6.07, 6.45) is 5.51. The van der Waals surface area contributed by atoms with E-state index in [2.05, 4.69) is 26.2 Å². The van der Waals surface area contributed by atoms with Crippen molar-refractivity contribution in [2.24, 2.45) is 17.8 Å². The zero-order chi connectivity index (χ0) is 13.7. The van der Waals surface area contributed by atoms with Gasteiger partial charge in [0.05, 0.1) is 11.2 Å². The van der Waals surface area contributed by atoms with E-state index in [0.29, 0.717) is 11.8 Å². The van der Waals surface area contributed by atoms with E-state index in [1.54, 1.807) is 6.20 Å². The van der Waals surface area contributed by atoms with Crippen molar-refractivity contribution in [2.45, 2.75) is 19.3 Å². The second kappa shape index (κ2) is 4.55. The second-order valence-electron chi connectivity index (χ2n) is 5.80. The summed E-state index contributed by atoms with van der Waals surface area (Å²) in [6, 6.07) is 7.91. The average molecular weight is 331 g/mol. The molecule has 2 saturated carbocycles. The van der Waals surface area contributed by atoms with E-state index in [-0.39, 0.29) is 11.8 Å². The summed E-state index contributed by atoms with van der Waals surface area (Å²) >= 11 is 3.42. The molecule has 1 heterocycles. The highest BCUT2D eigenvalue weighted by Gasteiger charge is 2.56. The lowest BCUT2D eigenvalue weighted by molar-refractivity contribution is -0.118. The molecule has 20 heavy (non-hydrogen) atoms. The summed E-state index contributed by atoms with van der Waals surface area (Å²) in [5, 5.41) is 4.11. The standard InChI is InChI=1S/C16H15BrN2O/c17-10-7-9-3-1-6-13(15(9)18-8-10)19-16(20)14-11-4-2-5-12(11)14/h1,3,6-8,11-12,14H,2,4-5H2,(H,19,20). The Labute approximate surface area is 125 Å². The van der Waals surface area contributed by atoms with Crippen molar-refractivity contribution < 1.29 is 4.79 Å². The number of rotatable bonds is 2.